The average molecular weight is 391 g/mol. The van der Waals surface area contributed by atoms with Crippen LogP contribution >= 0.6 is 11.8 Å². The highest BCUT2D eigenvalue weighted by molar-refractivity contribution is 7.99. The molecule has 0 atom stereocenters. The van der Waals surface area contributed by atoms with Crippen LogP contribution in [0.15, 0.2) is 69.8 Å². The van der Waals surface area contributed by atoms with Crippen LogP contribution in [-0.4, -0.2) is 28.1 Å². The second-order valence-electron chi connectivity index (χ2n) is 5.21. The van der Waals surface area contributed by atoms with Gasteiger partial charge in [0.15, 0.2) is 5.16 Å². The van der Waals surface area contributed by atoms with Crippen LogP contribution in [0.3, 0.4) is 0 Å². The Kier molecular flexibility index (Phi) is 4.91. The summed E-state index contributed by atoms with van der Waals surface area (Å²) in [5.74, 6) is 0. The second kappa shape index (κ2) is 7.14. The molecule has 1 N–H and O–H groups in total. The summed E-state index contributed by atoms with van der Waals surface area (Å²) < 4.78 is 28.9. The molecular weight excluding hydrogens is 378 g/mol. The molecule has 0 saturated heterocycles. The molecule has 0 fully saturated rings. The Morgan fingerprint density at radius 2 is 1.77 bits per heavy atom. The minimum absolute atomic E-state index is 0.0550. The highest BCUT2D eigenvalue weighted by atomic mass is 32.2. The molecule has 9 nitrogen and oxygen atoms in total. The number of nitro benzene ring substituents is 1. The Bertz CT molecular complexity index is 1030. The van der Waals surface area contributed by atoms with Crippen molar-refractivity contribution in [3.8, 4) is 0 Å². The third-order valence-corrected chi connectivity index (χ3v) is 5.80. The summed E-state index contributed by atoms with van der Waals surface area (Å²) in [6, 6.07) is 11.4. The molecule has 1 heterocycles. The number of aryl methyl sites for hydroxylation is 1. The summed E-state index contributed by atoms with van der Waals surface area (Å²) in [4.78, 5) is 10.9. The number of hydrogen-bond donors (Lipinski definition) is 1. The van der Waals surface area contributed by atoms with Gasteiger partial charge < -0.3 is 4.57 Å². The zero-order valence-corrected chi connectivity index (χ0v) is 15.1. The van der Waals surface area contributed by atoms with Gasteiger partial charge in [-0.2, -0.15) is 0 Å². The van der Waals surface area contributed by atoms with Crippen LogP contribution in [0, 0.1) is 10.1 Å². The molecule has 0 aliphatic rings. The van der Waals surface area contributed by atoms with E-state index in [9.17, 15) is 18.5 Å². The SMILES string of the molecule is Cn1cnnc1Sc1ccc(NS(=O)(=O)c2ccc([N+](=O)[O-])cc2)cc1. The lowest BCUT2D eigenvalue weighted by Crippen LogP contribution is -2.12. The number of anilines is 1. The molecule has 0 bridgehead atoms. The van der Waals surface area contributed by atoms with Crippen LogP contribution in [-0.2, 0) is 17.1 Å². The molecule has 3 aromatic rings. The third-order valence-electron chi connectivity index (χ3n) is 3.34. The summed E-state index contributed by atoms with van der Waals surface area (Å²) in [7, 11) is -2.00. The fraction of sp³-hybridized carbons (Fsp3) is 0.0667. The number of benzene rings is 2. The van der Waals surface area contributed by atoms with Crippen molar-refractivity contribution in [2.45, 2.75) is 14.9 Å². The van der Waals surface area contributed by atoms with Gasteiger partial charge in [-0.3, -0.25) is 14.8 Å². The molecule has 0 unspecified atom stereocenters. The van der Waals surface area contributed by atoms with Gasteiger partial charge in [0.05, 0.1) is 9.82 Å². The Hall–Kier alpha value is -2.92. The van der Waals surface area contributed by atoms with Gasteiger partial charge in [-0.1, -0.05) is 0 Å². The van der Waals surface area contributed by atoms with Gasteiger partial charge in [0.2, 0.25) is 0 Å². The molecule has 0 aliphatic heterocycles. The predicted octanol–water partition coefficient (Wildman–Crippen LogP) is 2.68. The summed E-state index contributed by atoms with van der Waals surface area (Å²) in [5.41, 5.74) is 0.208. The van der Waals surface area contributed by atoms with Crippen molar-refractivity contribution in [1.29, 1.82) is 0 Å². The number of nitrogens with zero attached hydrogens (tertiary/aromatic N) is 4. The normalized spacial score (nSPS) is 11.3. The van der Waals surface area contributed by atoms with Crippen LogP contribution in [0.1, 0.15) is 0 Å². The molecule has 0 radical (unpaired) electrons. The molecule has 134 valence electrons. The molecule has 2 aromatic carbocycles. The lowest BCUT2D eigenvalue weighted by Gasteiger charge is -2.08. The van der Waals surface area contributed by atoms with E-state index in [4.69, 9.17) is 0 Å². The number of non-ortho nitro benzene ring substituents is 1. The van der Waals surface area contributed by atoms with Crippen molar-refractivity contribution in [3.05, 3.63) is 65.0 Å². The van der Waals surface area contributed by atoms with E-state index < -0.39 is 14.9 Å². The number of nitro groups is 1. The summed E-state index contributed by atoms with van der Waals surface area (Å²) >= 11 is 1.40. The number of hydrogen-bond acceptors (Lipinski definition) is 7. The lowest BCUT2D eigenvalue weighted by molar-refractivity contribution is -0.384. The number of aromatic nitrogens is 3. The van der Waals surface area contributed by atoms with E-state index in [0.717, 1.165) is 17.0 Å². The smallest absolute Gasteiger partial charge is 0.269 e. The van der Waals surface area contributed by atoms with Crippen molar-refractivity contribution in [1.82, 2.24) is 14.8 Å². The van der Waals surface area contributed by atoms with Gasteiger partial charge in [-0.15, -0.1) is 10.2 Å². The Morgan fingerprint density at radius 1 is 1.12 bits per heavy atom. The van der Waals surface area contributed by atoms with E-state index in [0.29, 0.717) is 10.8 Å². The molecule has 0 amide bonds. The van der Waals surface area contributed by atoms with E-state index in [1.165, 1.54) is 23.9 Å². The average Bonchev–Trinajstić information content (AvgIpc) is 3.01. The zero-order valence-electron chi connectivity index (χ0n) is 13.4. The maximum absolute atomic E-state index is 12.4. The fourth-order valence-corrected chi connectivity index (χ4v) is 3.84. The van der Waals surface area contributed by atoms with Crippen molar-refractivity contribution >= 4 is 33.2 Å². The number of sulfonamides is 1. The molecule has 0 saturated carbocycles. The molecular formula is C15H13N5O4S2. The van der Waals surface area contributed by atoms with E-state index in [-0.39, 0.29) is 10.6 Å². The first kappa shape index (κ1) is 17.9. The molecule has 26 heavy (non-hydrogen) atoms. The quantitative estimate of drug-likeness (QED) is 0.506. The van der Waals surface area contributed by atoms with Crippen LogP contribution < -0.4 is 4.72 Å². The molecule has 11 heteroatoms. The largest absolute Gasteiger partial charge is 0.311 e. The topological polar surface area (TPSA) is 120 Å². The first-order valence-corrected chi connectivity index (χ1v) is 9.54. The van der Waals surface area contributed by atoms with Crippen LogP contribution in [0.25, 0.3) is 0 Å². The van der Waals surface area contributed by atoms with Crippen LogP contribution in [0.2, 0.25) is 0 Å². The van der Waals surface area contributed by atoms with Gasteiger partial charge in [0.25, 0.3) is 15.7 Å². The van der Waals surface area contributed by atoms with Crippen LogP contribution in [0.5, 0.6) is 0 Å². The van der Waals surface area contributed by atoms with Crippen molar-refractivity contribution in [2.24, 2.45) is 7.05 Å². The van der Waals surface area contributed by atoms with E-state index in [2.05, 4.69) is 14.9 Å². The highest BCUT2D eigenvalue weighted by Crippen LogP contribution is 2.27. The highest BCUT2D eigenvalue weighted by Gasteiger charge is 2.16. The van der Waals surface area contributed by atoms with Gasteiger partial charge in [-0.05, 0) is 48.2 Å². The summed E-state index contributed by atoms with van der Waals surface area (Å²) in [5, 5.41) is 19.1. The summed E-state index contributed by atoms with van der Waals surface area (Å²) in [6.07, 6.45) is 1.59. The predicted molar refractivity (Wildman–Crippen MR) is 95.5 cm³/mol. The maximum Gasteiger partial charge on any atom is 0.269 e. The minimum atomic E-state index is -3.83. The van der Waals surface area contributed by atoms with Gasteiger partial charge in [0.1, 0.15) is 6.33 Å². The van der Waals surface area contributed by atoms with E-state index >= 15 is 0 Å². The third kappa shape index (κ3) is 4.00. The fourth-order valence-electron chi connectivity index (χ4n) is 2.02. The monoisotopic (exact) mass is 391 g/mol. The number of nitrogens with one attached hydrogen (secondary N) is 1. The van der Waals surface area contributed by atoms with Gasteiger partial charge in [0, 0.05) is 29.8 Å². The standard InChI is InChI=1S/C15H13N5O4S2/c1-19-10-16-17-15(19)25-13-6-2-11(3-7-13)18-26(23,24)14-8-4-12(5-9-14)20(21)22/h2-10,18H,1H3. The Morgan fingerprint density at radius 3 is 2.31 bits per heavy atom. The van der Waals surface area contributed by atoms with E-state index in [1.54, 1.807) is 35.2 Å². The number of rotatable bonds is 6. The zero-order chi connectivity index (χ0) is 18.7. The molecule has 0 aliphatic carbocycles. The minimum Gasteiger partial charge on any atom is -0.311 e. The van der Waals surface area contributed by atoms with Gasteiger partial charge >= 0.3 is 0 Å². The molecule has 0 spiro atoms. The van der Waals surface area contributed by atoms with E-state index in [1.807, 2.05) is 7.05 Å². The second-order valence-corrected chi connectivity index (χ2v) is 7.93. The summed E-state index contributed by atoms with van der Waals surface area (Å²) in [6.45, 7) is 0. The van der Waals surface area contributed by atoms with Crippen molar-refractivity contribution in [3.63, 3.8) is 0 Å². The van der Waals surface area contributed by atoms with Gasteiger partial charge in [-0.25, -0.2) is 8.42 Å². The van der Waals surface area contributed by atoms with Crippen molar-refractivity contribution < 1.29 is 13.3 Å². The molecule has 1 aromatic heterocycles. The van der Waals surface area contributed by atoms with Crippen LogP contribution in [0.4, 0.5) is 11.4 Å². The van der Waals surface area contributed by atoms with Crippen molar-refractivity contribution in [2.75, 3.05) is 4.72 Å². The molecule has 3 rings (SSSR count). The maximum atomic E-state index is 12.4. The Balaban J connectivity index is 1.73. The lowest BCUT2D eigenvalue weighted by atomic mass is 10.3. The first-order valence-electron chi connectivity index (χ1n) is 7.24. The first-order chi connectivity index (χ1) is 12.3. The Labute approximate surface area is 153 Å².